The maximum Gasteiger partial charge on any atom is 0.220 e. The number of aromatic nitrogens is 1. The van der Waals surface area contributed by atoms with Crippen LogP contribution in [0.15, 0.2) is 24.5 Å². The second-order valence-electron chi connectivity index (χ2n) is 8.35. The molecule has 2 heterocycles. The van der Waals surface area contributed by atoms with Crippen molar-refractivity contribution in [2.75, 3.05) is 6.61 Å². The van der Waals surface area contributed by atoms with Crippen LogP contribution in [0.4, 0.5) is 0 Å². The molecule has 0 spiro atoms. The van der Waals surface area contributed by atoms with Crippen LogP contribution in [0.5, 0.6) is 0 Å². The minimum absolute atomic E-state index is 0.0798. The SMILES string of the molecule is CC(C)CC[C@]1(CC(=O)NCc2cccnc2)CCO[C@H](C(C)C)C1. The summed E-state index contributed by atoms with van der Waals surface area (Å²) in [6.07, 6.45) is 8.69. The first kappa shape index (κ1) is 19.9. The first-order chi connectivity index (χ1) is 11.9. The van der Waals surface area contributed by atoms with E-state index in [0.717, 1.165) is 31.4 Å². The summed E-state index contributed by atoms with van der Waals surface area (Å²) in [6, 6.07) is 3.89. The molecule has 2 atom stereocenters. The van der Waals surface area contributed by atoms with Gasteiger partial charge in [-0.05, 0) is 48.1 Å². The first-order valence-electron chi connectivity index (χ1n) is 9.67. The molecule has 0 bridgehead atoms. The van der Waals surface area contributed by atoms with E-state index in [1.54, 1.807) is 12.4 Å². The Kier molecular flexibility index (Phi) is 7.42. The van der Waals surface area contributed by atoms with E-state index in [-0.39, 0.29) is 17.4 Å². The molecule has 4 nitrogen and oxygen atoms in total. The summed E-state index contributed by atoms with van der Waals surface area (Å²) in [4.78, 5) is 16.7. The third-order valence-electron chi connectivity index (χ3n) is 5.34. The van der Waals surface area contributed by atoms with Crippen LogP contribution in [0.25, 0.3) is 0 Å². The highest BCUT2D eigenvalue weighted by Crippen LogP contribution is 2.43. The molecule has 0 saturated carbocycles. The number of hydrogen-bond donors (Lipinski definition) is 1. The molecule has 1 amide bonds. The number of amides is 1. The van der Waals surface area contributed by atoms with Gasteiger partial charge in [-0.25, -0.2) is 0 Å². The van der Waals surface area contributed by atoms with Crippen LogP contribution in [-0.4, -0.2) is 23.6 Å². The number of hydrogen-bond acceptors (Lipinski definition) is 3. The molecule has 2 rings (SSSR count). The number of carbonyl (C=O) groups excluding carboxylic acids is 1. The quantitative estimate of drug-likeness (QED) is 0.761. The Morgan fingerprint density at radius 3 is 2.84 bits per heavy atom. The molecule has 0 aromatic carbocycles. The summed E-state index contributed by atoms with van der Waals surface area (Å²) >= 11 is 0. The van der Waals surface area contributed by atoms with E-state index >= 15 is 0 Å². The second kappa shape index (κ2) is 9.33. The molecule has 1 saturated heterocycles. The Bertz CT molecular complexity index is 530. The molecule has 1 N–H and O–H groups in total. The Labute approximate surface area is 152 Å². The molecular formula is C21H34N2O2. The Morgan fingerprint density at radius 1 is 1.40 bits per heavy atom. The number of ether oxygens (including phenoxy) is 1. The van der Waals surface area contributed by atoms with Crippen LogP contribution < -0.4 is 5.32 Å². The van der Waals surface area contributed by atoms with Gasteiger partial charge in [-0.15, -0.1) is 0 Å². The summed E-state index contributed by atoms with van der Waals surface area (Å²) in [5.41, 5.74) is 1.12. The number of nitrogens with one attached hydrogen (secondary N) is 1. The third-order valence-corrected chi connectivity index (χ3v) is 5.34. The Hall–Kier alpha value is -1.42. The molecule has 0 aliphatic carbocycles. The molecule has 1 aliphatic heterocycles. The van der Waals surface area contributed by atoms with Gasteiger partial charge in [-0.3, -0.25) is 9.78 Å². The molecule has 140 valence electrons. The highest BCUT2D eigenvalue weighted by molar-refractivity contribution is 5.76. The molecule has 25 heavy (non-hydrogen) atoms. The van der Waals surface area contributed by atoms with E-state index in [1.807, 2.05) is 12.1 Å². The third kappa shape index (κ3) is 6.43. The minimum atomic E-state index is 0.0798. The van der Waals surface area contributed by atoms with Crippen molar-refractivity contribution in [2.24, 2.45) is 17.3 Å². The lowest BCUT2D eigenvalue weighted by atomic mass is 9.69. The van der Waals surface area contributed by atoms with Crippen LogP contribution in [0.3, 0.4) is 0 Å². The zero-order valence-corrected chi connectivity index (χ0v) is 16.3. The minimum Gasteiger partial charge on any atom is -0.378 e. The van der Waals surface area contributed by atoms with E-state index in [4.69, 9.17) is 4.74 Å². The predicted molar refractivity (Wildman–Crippen MR) is 101 cm³/mol. The fraction of sp³-hybridized carbons (Fsp3) is 0.714. The van der Waals surface area contributed by atoms with Crippen molar-refractivity contribution in [3.8, 4) is 0 Å². The van der Waals surface area contributed by atoms with Crippen molar-refractivity contribution in [1.82, 2.24) is 10.3 Å². The molecular weight excluding hydrogens is 312 g/mol. The number of carbonyl (C=O) groups is 1. The van der Waals surface area contributed by atoms with Crippen LogP contribution >= 0.6 is 0 Å². The largest absolute Gasteiger partial charge is 0.378 e. The van der Waals surface area contributed by atoms with Gasteiger partial charge in [0.05, 0.1) is 6.10 Å². The van der Waals surface area contributed by atoms with Crippen LogP contribution in [0.2, 0.25) is 0 Å². The van der Waals surface area contributed by atoms with Gasteiger partial charge in [0.2, 0.25) is 5.91 Å². The number of rotatable bonds is 8. The fourth-order valence-electron chi connectivity index (χ4n) is 3.62. The molecule has 0 radical (unpaired) electrons. The van der Waals surface area contributed by atoms with Gasteiger partial charge in [-0.1, -0.05) is 40.2 Å². The number of nitrogens with zero attached hydrogens (tertiary/aromatic N) is 1. The van der Waals surface area contributed by atoms with Crippen LogP contribution in [-0.2, 0) is 16.1 Å². The van der Waals surface area contributed by atoms with E-state index in [0.29, 0.717) is 24.8 Å². The van der Waals surface area contributed by atoms with E-state index in [1.165, 1.54) is 6.42 Å². The number of pyridine rings is 1. The van der Waals surface area contributed by atoms with Gasteiger partial charge in [0.1, 0.15) is 0 Å². The monoisotopic (exact) mass is 346 g/mol. The van der Waals surface area contributed by atoms with Gasteiger partial charge in [0.15, 0.2) is 0 Å². The smallest absolute Gasteiger partial charge is 0.220 e. The average molecular weight is 347 g/mol. The van der Waals surface area contributed by atoms with Crippen LogP contribution in [0, 0.1) is 17.3 Å². The Morgan fingerprint density at radius 2 is 2.20 bits per heavy atom. The summed E-state index contributed by atoms with van der Waals surface area (Å²) in [5.74, 6) is 1.31. The zero-order chi connectivity index (χ0) is 18.3. The lowest BCUT2D eigenvalue weighted by molar-refractivity contribution is -0.129. The van der Waals surface area contributed by atoms with Gasteiger partial charge in [0.25, 0.3) is 0 Å². The molecule has 1 aromatic rings. The van der Waals surface area contributed by atoms with Crippen molar-refractivity contribution >= 4 is 5.91 Å². The topological polar surface area (TPSA) is 51.2 Å². The second-order valence-corrected chi connectivity index (χ2v) is 8.35. The van der Waals surface area contributed by atoms with Crippen LogP contribution in [0.1, 0.15) is 65.4 Å². The van der Waals surface area contributed by atoms with Gasteiger partial charge >= 0.3 is 0 Å². The standard InChI is InChI=1S/C21H34N2O2/c1-16(2)7-8-21(9-11-25-19(12-21)17(3)4)13-20(24)23-15-18-6-5-10-22-14-18/h5-6,10,14,16-17,19H,7-9,11-13,15H2,1-4H3,(H,23,24)/t19-,21-/m0/s1. The summed E-state index contributed by atoms with van der Waals surface area (Å²) < 4.78 is 5.97. The first-order valence-corrected chi connectivity index (χ1v) is 9.67. The van der Waals surface area contributed by atoms with Crippen molar-refractivity contribution in [2.45, 2.75) is 72.4 Å². The normalized spacial score (nSPS) is 23.8. The summed E-state index contributed by atoms with van der Waals surface area (Å²) in [6.45, 7) is 10.3. The lowest BCUT2D eigenvalue weighted by Gasteiger charge is -2.42. The fourth-order valence-corrected chi connectivity index (χ4v) is 3.62. The Balaban J connectivity index is 1.98. The van der Waals surface area contributed by atoms with Crippen molar-refractivity contribution in [3.63, 3.8) is 0 Å². The van der Waals surface area contributed by atoms with E-state index < -0.39 is 0 Å². The lowest BCUT2D eigenvalue weighted by Crippen LogP contribution is -2.41. The maximum absolute atomic E-state index is 12.6. The molecule has 1 fully saturated rings. The van der Waals surface area contributed by atoms with Gasteiger partial charge in [-0.2, -0.15) is 0 Å². The zero-order valence-electron chi connectivity index (χ0n) is 16.3. The van der Waals surface area contributed by atoms with E-state index in [2.05, 4.69) is 38.0 Å². The molecule has 1 aliphatic rings. The summed E-state index contributed by atoms with van der Waals surface area (Å²) in [7, 11) is 0. The van der Waals surface area contributed by atoms with Gasteiger partial charge < -0.3 is 10.1 Å². The maximum atomic E-state index is 12.6. The molecule has 1 aromatic heterocycles. The molecule has 4 heteroatoms. The predicted octanol–water partition coefficient (Wildman–Crippen LogP) is 4.35. The van der Waals surface area contributed by atoms with Crippen molar-refractivity contribution in [1.29, 1.82) is 0 Å². The van der Waals surface area contributed by atoms with Crippen molar-refractivity contribution < 1.29 is 9.53 Å². The highest BCUT2D eigenvalue weighted by atomic mass is 16.5. The molecule has 0 unspecified atom stereocenters. The van der Waals surface area contributed by atoms with E-state index in [9.17, 15) is 4.79 Å². The van der Waals surface area contributed by atoms with Crippen molar-refractivity contribution in [3.05, 3.63) is 30.1 Å². The average Bonchev–Trinajstić information content (AvgIpc) is 2.59. The van der Waals surface area contributed by atoms with Gasteiger partial charge in [0, 0.05) is 32.0 Å². The highest BCUT2D eigenvalue weighted by Gasteiger charge is 2.39. The summed E-state index contributed by atoms with van der Waals surface area (Å²) in [5, 5.41) is 3.08.